The standard InChI is InChI=1S/C14H12Cl2N2O3S/c15-12-7-6-11(8-13(12)16)22(20,21)18(9-14(17)19)10-4-2-1-3-5-10/h1-8H,9H2,(H2,17,19). The molecule has 1 amide bonds. The van der Waals surface area contributed by atoms with Gasteiger partial charge in [0, 0.05) is 0 Å². The second-order valence-electron chi connectivity index (χ2n) is 4.39. The van der Waals surface area contributed by atoms with Crippen molar-refractivity contribution in [3.63, 3.8) is 0 Å². The van der Waals surface area contributed by atoms with E-state index in [-0.39, 0.29) is 14.9 Å². The Bertz CT molecular complexity index is 795. The molecule has 0 unspecified atom stereocenters. The van der Waals surface area contributed by atoms with Crippen LogP contribution in [0.15, 0.2) is 53.4 Å². The number of hydrogen-bond acceptors (Lipinski definition) is 3. The van der Waals surface area contributed by atoms with Crippen molar-refractivity contribution < 1.29 is 13.2 Å². The zero-order valence-electron chi connectivity index (χ0n) is 11.2. The molecule has 0 saturated carbocycles. The van der Waals surface area contributed by atoms with Crippen molar-refractivity contribution in [2.24, 2.45) is 5.73 Å². The molecule has 0 bridgehead atoms. The highest BCUT2D eigenvalue weighted by Crippen LogP contribution is 2.28. The van der Waals surface area contributed by atoms with Crippen LogP contribution in [0.25, 0.3) is 0 Å². The minimum absolute atomic E-state index is 0.0768. The van der Waals surface area contributed by atoms with E-state index in [4.69, 9.17) is 28.9 Å². The summed E-state index contributed by atoms with van der Waals surface area (Å²) in [7, 11) is -4.00. The van der Waals surface area contributed by atoms with Crippen LogP contribution in [0.2, 0.25) is 10.0 Å². The Morgan fingerprint density at radius 3 is 2.23 bits per heavy atom. The lowest BCUT2D eigenvalue weighted by Gasteiger charge is -2.23. The minimum atomic E-state index is -4.00. The zero-order chi connectivity index (χ0) is 16.3. The number of carbonyl (C=O) groups is 1. The number of carbonyl (C=O) groups excluding carboxylic acids is 1. The van der Waals surface area contributed by atoms with Gasteiger partial charge < -0.3 is 5.73 Å². The van der Waals surface area contributed by atoms with Gasteiger partial charge in [-0.1, -0.05) is 41.4 Å². The molecule has 2 N–H and O–H groups in total. The third kappa shape index (κ3) is 3.52. The molecule has 0 fully saturated rings. The number of benzene rings is 2. The van der Waals surface area contributed by atoms with Gasteiger partial charge in [-0.05, 0) is 30.3 Å². The van der Waals surface area contributed by atoms with Crippen molar-refractivity contribution in [3.8, 4) is 0 Å². The first kappa shape index (κ1) is 16.6. The number of nitrogens with two attached hydrogens (primary N) is 1. The van der Waals surface area contributed by atoms with E-state index in [2.05, 4.69) is 0 Å². The number of para-hydroxylation sites is 1. The molecule has 8 heteroatoms. The summed E-state index contributed by atoms with van der Waals surface area (Å²) in [5.74, 6) is -0.771. The van der Waals surface area contributed by atoms with Gasteiger partial charge in [-0.15, -0.1) is 0 Å². The smallest absolute Gasteiger partial charge is 0.264 e. The van der Waals surface area contributed by atoms with Gasteiger partial charge >= 0.3 is 0 Å². The average molecular weight is 359 g/mol. The van der Waals surface area contributed by atoms with Gasteiger partial charge in [0.2, 0.25) is 5.91 Å². The number of amides is 1. The molecule has 0 aromatic heterocycles. The van der Waals surface area contributed by atoms with Gasteiger partial charge in [0.25, 0.3) is 10.0 Å². The number of hydrogen-bond donors (Lipinski definition) is 1. The Kier molecular flexibility index (Phi) is 4.95. The zero-order valence-corrected chi connectivity index (χ0v) is 13.6. The van der Waals surface area contributed by atoms with Crippen molar-refractivity contribution in [2.45, 2.75) is 4.90 Å². The molecule has 2 aromatic carbocycles. The number of sulfonamides is 1. The number of halogens is 2. The Balaban J connectivity index is 2.54. The van der Waals surface area contributed by atoms with E-state index in [1.807, 2.05) is 0 Å². The van der Waals surface area contributed by atoms with Gasteiger partial charge in [0.05, 0.1) is 20.6 Å². The molecular formula is C14H12Cl2N2O3S. The first-order valence-corrected chi connectivity index (χ1v) is 8.33. The van der Waals surface area contributed by atoms with Gasteiger partial charge in [0.15, 0.2) is 0 Å². The van der Waals surface area contributed by atoms with Crippen molar-refractivity contribution in [1.29, 1.82) is 0 Å². The average Bonchev–Trinajstić information content (AvgIpc) is 2.48. The summed E-state index contributed by atoms with van der Waals surface area (Å²) in [4.78, 5) is 11.2. The van der Waals surface area contributed by atoms with Crippen molar-refractivity contribution in [3.05, 3.63) is 58.6 Å². The van der Waals surface area contributed by atoms with Crippen molar-refractivity contribution >= 4 is 44.8 Å². The summed E-state index contributed by atoms with van der Waals surface area (Å²) >= 11 is 11.7. The number of nitrogens with zero attached hydrogens (tertiary/aromatic N) is 1. The highest BCUT2D eigenvalue weighted by atomic mass is 35.5. The fraction of sp³-hybridized carbons (Fsp3) is 0.0714. The van der Waals surface area contributed by atoms with Crippen LogP contribution >= 0.6 is 23.2 Å². The molecule has 0 spiro atoms. The van der Waals surface area contributed by atoms with Gasteiger partial charge in [-0.25, -0.2) is 8.42 Å². The molecule has 0 aliphatic heterocycles. The molecule has 2 rings (SSSR count). The van der Waals surface area contributed by atoms with Gasteiger partial charge in [0.1, 0.15) is 6.54 Å². The van der Waals surface area contributed by atoms with E-state index < -0.39 is 22.5 Å². The van der Waals surface area contributed by atoms with Gasteiger partial charge in [-0.3, -0.25) is 9.10 Å². The molecular weight excluding hydrogens is 347 g/mol. The normalized spacial score (nSPS) is 11.2. The quantitative estimate of drug-likeness (QED) is 0.891. The molecule has 116 valence electrons. The van der Waals surface area contributed by atoms with Crippen LogP contribution in [0.1, 0.15) is 0 Å². The van der Waals surface area contributed by atoms with Crippen LogP contribution in [0.3, 0.4) is 0 Å². The fourth-order valence-electron chi connectivity index (χ4n) is 1.82. The molecule has 22 heavy (non-hydrogen) atoms. The maximum atomic E-state index is 12.7. The maximum absolute atomic E-state index is 12.7. The highest BCUT2D eigenvalue weighted by Gasteiger charge is 2.26. The molecule has 2 aromatic rings. The predicted octanol–water partition coefficient (Wildman–Crippen LogP) is 2.67. The molecule has 0 heterocycles. The van der Waals surface area contributed by atoms with E-state index in [1.54, 1.807) is 30.3 Å². The fourth-order valence-corrected chi connectivity index (χ4v) is 3.64. The van der Waals surface area contributed by atoms with E-state index >= 15 is 0 Å². The monoisotopic (exact) mass is 358 g/mol. The highest BCUT2D eigenvalue weighted by molar-refractivity contribution is 7.92. The second kappa shape index (κ2) is 6.56. The van der Waals surface area contributed by atoms with E-state index in [1.165, 1.54) is 18.2 Å². The molecule has 0 aliphatic carbocycles. The van der Waals surface area contributed by atoms with Crippen LogP contribution in [0.5, 0.6) is 0 Å². The number of anilines is 1. The van der Waals surface area contributed by atoms with Crippen LogP contribution < -0.4 is 10.0 Å². The molecule has 0 aliphatic rings. The lowest BCUT2D eigenvalue weighted by atomic mass is 10.3. The summed E-state index contributed by atoms with van der Waals surface area (Å²) in [6.45, 7) is -0.480. The first-order chi connectivity index (χ1) is 10.3. The Hall–Kier alpha value is -1.76. The van der Waals surface area contributed by atoms with E-state index in [9.17, 15) is 13.2 Å². The molecule has 0 radical (unpaired) electrons. The maximum Gasteiger partial charge on any atom is 0.264 e. The molecule has 0 atom stereocenters. The third-order valence-corrected chi connectivity index (χ3v) is 5.33. The number of rotatable bonds is 5. The summed E-state index contributed by atoms with van der Waals surface area (Å²) in [6, 6.07) is 12.1. The summed E-state index contributed by atoms with van der Waals surface area (Å²) < 4.78 is 26.4. The molecule has 0 saturated heterocycles. The largest absolute Gasteiger partial charge is 0.368 e. The Labute approximate surface area is 138 Å². The van der Waals surface area contributed by atoms with Crippen LogP contribution in [0, 0.1) is 0 Å². The lowest BCUT2D eigenvalue weighted by molar-refractivity contribution is -0.116. The SMILES string of the molecule is NC(=O)CN(c1ccccc1)S(=O)(=O)c1ccc(Cl)c(Cl)c1. The predicted molar refractivity (Wildman–Crippen MR) is 86.6 cm³/mol. The third-order valence-electron chi connectivity index (χ3n) is 2.82. The van der Waals surface area contributed by atoms with Crippen molar-refractivity contribution in [1.82, 2.24) is 0 Å². The summed E-state index contributed by atoms with van der Waals surface area (Å²) in [5.41, 5.74) is 5.49. The van der Waals surface area contributed by atoms with Crippen molar-refractivity contribution in [2.75, 3.05) is 10.8 Å². The lowest BCUT2D eigenvalue weighted by Crippen LogP contribution is -2.38. The summed E-state index contributed by atoms with van der Waals surface area (Å²) in [6.07, 6.45) is 0. The Morgan fingerprint density at radius 2 is 1.68 bits per heavy atom. The van der Waals surface area contributed by atoms with E-state index in [0.29, 0.717) is 5.69 Å². The number of primary amides is 1. The Morgan fingerprint density at radius 1 is 1.05 bits per heavy atom. The van der Waals surface area contributed by atoms with E-state index in [0.717, 1.165) is 4.31 Å². The minimum Gasteiger partial charge on any atom is -0.368 e. The molecule has 5 nitrogen and oxygen atoms in total. The second-order valence-corrected chi connectivity index (χ2v) is 7.07. The topological polar surface area (TPSA) is 80.5 Å². The summed E-state index contributed by atoms with van der Waals surface area (Å²) in [5, 5.41) is 0.344. The van der Waals surface area contributed by atoms with Crippen LogP contribution in [-0.2, 0) is 14.8 Å². The first-order valence-electron chi connectivity index (χ1n) is 6.13. The van der Waals surface area contributed by atoms with Gasteiger partial charge in [-0.2, -0.15) is 0 Å². The van der Waals surface area contributed by atoms with Crippen LogP contribution in [0.4, 0.5) is 5.69 Å². The van der Waals surface area contributed by atoms with Crippen LogP contribution in [-0.4, -0.2) is 20.9 Å².